The standard InChI is InChI=1S/C86H135N14O28PS2/c1-8-64-54-100(74(85(114)127-64)61-19-21-63(22-20-61)93-86(87)88)73(104)55-126-46-45-125-44-41-123-36-31-98(30-35-122-40-43-124-42-38-120-33-25-90-79(107)67(52-62-16-11-15-60-14-9-10-17-65(60)62)94-78(106)66(50-56(2)3)58(6)77(105)96-115)82(110)69(92-59(7)101)53-72(103)97(27-13-47-129(116,117)118)29-34-121-39-37-119-32-24-89-71(102)23-48-130-131-49-26-91-80(108)75-76(128-75)81(109)95-68(51-57(4)5)83(111)99-28-12-18-70(99)84(112)113/h8,11,15-16,19-22,56-58,66-70,74-76,115H,9-10,12-14,17-18,23-55H2,1-7H3,(H,89,102)(H,90,107)(H,91,108)(H,92,101)(H,94,106)(H,95,109)(H,96,105)(H,112,113)(H4,87,88,93)(H2,116,117,118). The Morgan fingerprint density at radius 1 is 0.641 bits per heavy atom. The first-order valence-electron chi connectivity index (χ1n) is 44.5. The summed E-state index contributed by atoms with van der Waals surface area (Å²) in [5.41, 5.74) is 16.9. The van der Waals surface area contributed by atoms with Crippen LogP contribution in [-0.2, 0) is 134 Å². The van der Waals surface area contributed by atoms with Gasteiger partial charge in [0, 0.05) is 95.5 Å². The van der Waals surface area contributed by atoms with Crippen LogP contribution < -0.4 is 48.8 Å². The van der Waals surface area contributed by atoms with Crippen LogP contribution in [0.5, 0.6) is 0 Å². The number of carboxylic acids is 1. The van der Waals surface area contributed by atoms with Crippen molar-refractivity contribution in [3.63, 3.8) is 0 Å². The number of aryl methyl sites for hydroxylation is 1. The number of esters is 1. The maximum atomic E-state index is 14.6. The number of epoxide rings is 1. The highest BCUT2D eigenvalue weighted by molar-refractivity contribution is 8.76. The van der Waals surface area contributed by atoms with E-state index in [-0.39, 0.29) is 213 Å². The number of nitrogens with two attached hydrogens (primary N) is 2. The predicted octanol–water partition coefficient (Wildman–Crippen LogP) is 1.08. The summed E-state index contributed by atoms with van der Waals surface area (Å²) in [7, 11) is -1.66. The van der Waals surface area contributed by atoms with Crippen LogP contribution in [0.2, 0.25) is 0 Å². The molecule has 3 heterocycles. The van der Waals surface area contributed by atoms with Gasteiger partial charge in [-0.05, 0) is 117 Å². The molecule has 15 N–H and O–H groups in total. The van der Waals surface area contributed by atoms with E-state index < -0.39 is 152 Å². The number of hydrogen-bond donors (Lipinski definition) is 13. The molecule has 3 aliphatic heterocycles. The van der Waals surface area contributed by atoms with Gasteiger partial charge in [0.05, 0.1) is 124 Å². The first-order chi connectivity index (χ1) is 62.7. The van der Waals surface area contributed by atoms with Gasteiger partial charge in [0.15, 0.2) is 24.2 Å². The number of nitrogens with zero attached hydrogens (tertiary/aromatic N) is 5. The van der Waals surface area contributed by atoms with Crippen LogP contribution in [0.15, 0.2) is 59.3 Å². The van der Waals surface area contributed by atoms with E-state index in [1.807, 2.05) is 39.8 Å². The number of likely N-dealkylation sites (tertiary alicyclic amines) is 1. The molecule has 9 unspecified atom stereocenters. The number of allylic oxidation sites excluding steroid dienone is 1. The quantitative estimate of drug-likeness (QED) is 0.00507. The second-order valence-corrected chi connectivity index (χ2v) is 37.0. The van der Waals surface area contributed by atoms with Crippen LogP contribution in [0.1, 0.15) is 135 Å². The number of cyclic esters (lactones) is 1. The fourth-order valence-corrected chi connectivity index (χ4v) is 17.2. The van der Waals surface area contributed by atoms with Crippen molar-refractivity contribution in [1.82, 2.24) is 57.0 Å². The van der Waals surface area contributed by atoms with Gasteiger partial charge in [-0.3, -0.25) is 62.5 Å². The maximum Gasteiger partial charge on any atom is 0.338 e. The molecule has 0 radical (unpaired) electrons. The number of ether oxygens (including phenoxy) is 10. The number of hydroxylamine groups is 1. The van der Waals surface area contributed by atoms with Crippen LogP contribution in [0.25, 0.3) is 0 Å². The van der Waals surface area contributed by atoms with Gasteiger partial charge in [-0.2, -0.15) is 0 Å². The number of carbonyl (C=O) groups is 13. The summed E-state index contributed by atoms with van der Waals surface area (Å²) in [4.78, 5) is 201. The largest absolute Gasteiger partial charge is 0.480 e. The van der Waals surface area contributed by atoms with Crippen molar-refractivity contribution in [3.8, 4) is 0 Å². The third kappa shape index (κ3) is 41.6. The first-order valence-corrected chi connectivity index (χ1v) is 48.7. The summed E-state index contributed by atoms with van der Waals surface area (Å²) in [6.45, 7) is 12.8. The number of aliphatic imine (C=N–C) groups is 1. The molecule has 4 aliphatic rings. The molecule has 131 heavy (non-hydrogen) atoms. The zero-order chi connectivity index (χ0) is 95.8. The molecule has 3 fully saturated rings. The summed E-state index contributed by atoms with van der Waals surface area (Å²) in [6.07, 6.45) is 3.90. The Morgan fingerprint density at radius 3 is 1.82 bits per heavy atom. The Labute approximate surface area is 772 Å². The molecule has 42 nitrogen and oxygen atoms in total. The molecule has 734 valence electrons. The van der Waals surface area contributed by atoms with Crippen LogP contribution in [0.4, 0.5) is 5.69 Å². The zero-order valence-electron chi connectivity index (χ0n) is 76.0. The summed E-state index contributed by atoms with van der Waals surface area (Å²) in [6, 6.07) is 6.97. The normalized spacial score (nSPS) is 17.4. The van der Waals surface area contributed by atoms with Crippen molar-refractivity contribution in [2.75, 3.05) is 182 Å². The van der Waals surface area contributed by atoms with Gasteiger partial charge in [0.25, 0.3) is 11.8 Å². The summed E-state index contributed by atoms with van der Waals surface area (Å²) in [5.74, 6) is -8.33. The number of guanidine groups is 1. The lowest BCUT2D eigenvalue weighted by Crippen LogP contribution is -2.53. The van der Waals surface area contributed by atoms with Gasteiger partial charge in [-0.25, -0.2) is 20.1 Å². The number of aliphatic carboxylic acids is 1. The van der Waals surface area contributed by atoms with Gasteiger partial charge in [0.1, 0.15) is 36.5 Å². The highest BCUT2D eigenvalue weighted by atomic mass is 33.1. The maximum absolute atomic E-state index is 14.6. The molecular formula is C86H135N14O28PS2. The van der Waals surface area contributed by atoms with E-state index in [4.69, 9.17) is 58.8 Å². The average Bonchev–Trinajstić information content (AvgIpc) is 1.78. The van der Waals surface area contributed by atoms with Crippen LogP contribution >= 0.6 is 29.2 Å². The Balaban J connectivity index is 0.938. The molecule has 11 amide bonds. The molecule has 0 saturated carbocycles. The predicted molar refractivity (Wildman–Crippen MR) is 481 cm³/mol. The van der Waals surface area contributed by atoms with Gasteiger partial charge in [0.2, 0.25) is 53.2 Å². The van der Waals surface area contributed by atoms with Crippen LogP contribution in [0, 0.1) is 23.7 Å². The number of fused-ring (bicyclic) bond motifs is 1. The number of benzene rings is 2. The van der Waals surface area contributed by atoms with Crippen LogP contribution in [0.3, 0.4) is 0 Å². The Hall–Kier alpha value is -8.99. The first kappa shape index (κ1) is 111. The molecule has 0 bridgehead atoms. The minimum absolute atomic E-state index is 0.00191. The third-order valence-corrected chi connectivity index (χ3v) is 24.7. The lowest BCUT2D eigenvalue weighted by molar-refractivity contribution is -0.160. The second kappa shape index (κ2) is 60.3. The molecule has 45 heteroatoms. The average molecular weight is 1910 g/mol. The van der Waals surface area contributed by atoms with E-state index in [0.29, 0.717) is 42.0 Å². The molecule has 3 saturated heterocycles. The number of nitrogens with one attached hydrogen (secondary N) is 7. The molecule has 0 spiro atoms. The lowest BCUT2D eigenvalue weighted by atomic mass is 9.84. The van der Waals surface area contributed by atoms with E-state index in [1.54, 1.807) is 49.7 Å². The second-order valence-electron chi connectivity index (χ2n) is 32.5. The van der Waals surface area contributed by atoms with Crippen molar-refractivity contribution in [2.45, 2.75) is 168 Å². The Kier molecular flexibility index (Phi) is 51.0. The molecule has 2 aromatic carbocycles. The van der Waals surface area contributed by atoms with E-state index in [9.17, 15) is 87.0 Å². The number of carbonyl (C=O) groups excluding carboxylic acids is 12. The summed E-state index contributed by atoms with van der Waals surface area (Å²) >= 11 is 0. The number of rotatable bonds is 65. The van der Waals surface area contributed by atoms with Crippen LogP contribution in [-0.4, -0.2) is 341 Å². The minimum Gasteiger partial charge on any atom is -0.480 e. The number of morpholine rings is 1. The van der Waals surface area contributed by atoms with Crippen molar-refractivity contribution in [3.05, 3.63) is 76.6 Å². The molecule has 9 atom stereocenters. The van der Waals surface area contributed by atoms with Crippen molar-refractivity contribution in [1.29, 1.82) is 0 Å². The van der Waals surface area contributed by atoms with Gasteiger partial charge >= 0.3 is 19.5 Å². The molecule has 6 rings (SSSR count). The third-order valence-electron chi connectivity index (χ3n) is 21.4. The Morgan fingerprint density at radius 2 is 1.23 bits per heavy atom. The smallest absolute Gasteiger partial charge is 0.338 e. The molecular weight excluding hydrogens is 1770 g/mol. The zero-order valence-corrected chi connectivity index (χ0v) is 78.5. The van der Waals surface area contributed by atoms with Gasteiger partial charge < -0.3 is 125 Å². The highest BCUT2D eigenvalue weighted by Gasteiger charge is 2.52. The lowest BCUT2D eigenvalue weighted by Gasteiger charge is -2.35. The molecule has 2 aromatic rings. The molecule has 0 aromatic heterocycles. The number of hydrogen-bond acceptors (Lipinski definition) is 28. The van der Waals surface area contributed by atoms with Crippen molar-refractivity contribution in [2.24, 2.45) is 40.1 Å². The fourth-order valence-electron chi connectivity index (χ4n) is 14.7. The minimum atomic E-state index is -4.51. The monoisotopic (exact) mass is 1910 g/mol. The van der Waals surface area contributed by atoms with Crippen molar-refractivity contribution < 1.29 is 134 Å². The van der Waals surface area contributed by atoms with E-state index in [2.05, 4.69) is 43.0 Å². The van der Waals surface area contributed by atoms with E-state index >= 15 is 0 Å². The Bertz CT molecular complexity index is 4110. The van der Waals surface area contributed by atoms with Gasteiger partial charge in [-0.1, -0.05) is 86.5 Å². The van der Waals surface area contributed by atoms with E-state index in [1.165, 1.54) is 59.2 Å². The number of amides is 11. The summed E-state index contributed by atoms with van der Waals surface area (Å²) in [5, 5.41) is 35.6. The summed E-state index contributed by atoms with van der Waals surface area (Å²) < 4.78 is 68.8. The van der Waals surface area contributed by atoms with E-state index in [0.717, 1.165) is 31.2 Å². The molecule has 1 aliphatic carbocycles. The number of carboxylic acid groups (broad SMARTS) is 1. The van der Waals surface area contributed by atoms with Crippen molar-refractivity contribution >= 4 is 118 Å². The van der Waals surface area contributed by atoms with Gasteiger partial charge in [-0.15, -0.1) is 0 Å². The fraction of sp³-hybridized carbons (Fsp3) is 0.674. The topological polar surface area (TPSA) is 577 Å². The SMILES string of the molecule is CC=C1CN(C(=O)COCCOCCOCCN(CCOCCOCCOCCNC(=O)C(Cc2cccc3c2CCCC3)NC(=O)C(CC(C)C)C(C)C(=O)NO)C(=O)C(CC(=O)N(CCCP(=O)(O)O)CCOCCOCCNC(=O)CCSSCCNC(=O)C2OC2C(=O)NC(CC(C)C)C(=O)N2CCCC2C(=O)O)NC(C)=O)C(c2ccc(N=C(N)N)cc2)C(=O)O1. The highest BCUT2D eigenvalue weighted by Crippen LogP contribution is 2.36.